The molecule has 1 aromatic carbocycles. The Hall–Kier alpha value is -1.00. The third-order valence-corrected chi connectivity index (χ3v) is 5.41. The first kappa shape index (κ1) is 14.0. The van der Waals surface area contributed by atoms with Crippen LogP contribution in [0, 0.1) is 11.6 Å². The molecule has 1 heterocycles. The highest BCUT2D eigenvalue weighted by atomic mass is 79.9. The zero-order valence-electron chi connectivity index (χ0n) is 11.4. The molecule has 0 radical (unpaired) electrons. The number of hydrogen-bond acceptors (Lipinski definition) is 2. The van der Waals surface area contributed by atoms with E-state index in [4.69, 9.17) is 12.2 Å². The molecule has 1 saturated carbocycles. The Labute approximate surface area is 132 Å². The summed E-state index contributed by atoms with van der Waals surface area (Å²) in [5, 5.41) is 0. The van der Waals surface area contributed by atoms with Gasteiger partial charge < -0.3 is 4.98 Å². The first-order chi connectivity index (χ1) is 9.66. The van der Waals surface area contributed by atoms with Gasteiger partial charge in [-0.25, -0.2) is 4.98 Å². The molecule has 0 bridgehead atoms. The number of aromatic nitrogens is 2. The minimum Gasteiger partial charge on any atom is -0.342 e. The minimum absolute atomic E-state index is 0.580. The van der Waals surface area contributed by atoms with E-state index in [-0.39, 0.29) is 0 Å². The maximum atomic E-state index is 5.43. The molecule has 1 aliphatic carbocycles. The molecule has 0 atom stereocenters. The summed E-state index contributed by atoms with van der Waals surface area (Å²) in [7, 11) is 0. The van der Waals surface area contributed by atoms with Gasteiger partial charge in [-0.3, -0.25) is 0 Å². The van der Waals surface area contributed by atoms with Crippen molar-refractivity contribution in [3.63, 3.8) is 0 Å². The summed E-state index contributed by atoms with van der Waals surface area (Å²) in [4.78, 5) is 8.08. The summed E-state index contributed by atoms with van der Waals surface area (Å²) in [6, 6.07) is 8.28. The first-order valence-corrected chi connectivity index (χ1v) is 8.22. The molecule has 4 heteroatoms. The lowest BCUT2D eigenvalue weighted by Crippen LogP contribution is -2.03. The number of hydrogen-bond donors (Lipinski definition) is 1. The van der Waals surface area contributed by atoms with E-state index < -0.39 is 0 Å². The highest BCUT2D eigenvalue weighted by Crippen LogP contribution is 2.37. The molecular weight excluding hydrogens is 332 g/mol. The van der Waals surface area contributed by atoms with E-state index in [2.05, 4.69) is 45.0 Å². The predicted octanol–water partition coefficient (Wildman–Crippen LogP) is 5.53. The molecule has 2 aromatic rings. The second-order valence-corrected chi connectivity index (χ2v) is 6.59. The Bertz CT molecular complexity index is 687. The topological polar surface area (TPSA) is 28.7 Å². The highest BCUT2D eigenvalue weighted by molar-refractivity contribution is 9.10. The van der Waals surface area contributed by atoms with Crippen LogP contribution < -0.4 is 0 Å². The van der Waals surface area contributed by atoms with Crippen molar-refractivity contribution in [2.75, 3.05) is 0 Å². The summed E-state index contributed by atoms with van der Waals surface area (Å²) in [6.07, 6.45) is 5.08. The van der Waals surface area contributed by atoms with Gasteiger partial charge >= 0.3 is 0 Å². The van der Waals surface area contributed by atoms with Crippen molar-refractivity contribution < 1.29 is 0 Å². The molecule has 0 amide bonds. The Morgan fingerprint density at radius 2 is 1.95 bits per heavy atom. The van der Waals surface area contributed by atoms with Gasteiger partial charge in [-0.05, 0) is 41.3 Å². The molecular formula is C16H17BrN2S. The Balaban J connectivity index is 2.14. The number of benzene rings is 1. The van der Waals surface area contributed by atoms with Crippen molar-refractivity contribution in [3.05, 3.63) is 44.6 Å². The van der Waals surface area contributed by atoms with E-state index in [1.54, 1.807) is 0 Å². The fraction of sp³-hybridized carbons (Fsp3) is 0.375. The van der Waals surface area contributed by atoms with Gasteiger partial charge in [0.15, 0.2) is 0 Å². The van der Waals surface area contributed by atoms with Gasteiger partial charge in [0.05, 0.1) is 4.47 Å². The average molecular weight is 349 g/mol. The fourth-order valence-electron chi connectivity index (χ4n) is 2.94. The molecule has 0 spiro atoms. The normalized spacial score (nSPS) is 15.7. The second-order valence-electron chi connectivity index (χ2n) is 5.41. The largest absolute Gasteiger partial charge is 0.342 e. The van der Waals surface area contributed by atoms with Gasteiger partial charge in [0.2, 0.25) is 0 Å². The number of aromatic amines is 1. The fourth-order valence-corrected chi connectivity index (χ4v) is 3.65. The van der Waals surface area contributed by atoms with Gasteiger partial charge in [0.25, 0.3) is 0 Å². The van der Waals surface area contributed by atoms with Crippen LogP contribution >= 0.6 is 28.1 Å². The Morgan fingerprint density at radius 3 is 2.65 bits per heavy atom. The lowest BCUT2D eigenvalue weighted by Gasteiger charge is -2.15. The molecule has 3 rings (SSSR count). The van der Waals surface area contributed by atoms with Crippen molar-refractivity contribution >= 4 is 28.1 Å². The number of nitrogens with one attached hydrogen (secondary N) is 1. The predicted molar refractivity (Wildman–Crippen MR) is 88.5 cm³/mol. The SMILES string of the molecule is Cc1ccccc1-c1nc(=S)c(Br)c(C2CCCC2)[nH]1. The van der Waals surface area contributed by atoms with Gasteiger partial charge in [-0.1, -0.05) is 49.3 Å². The molecule has 2 nitrogen and oxygen atoms in total. The van der Waals surface area contributed by atoms with Gasteiger partial charge in [0.1, 0.15) is 10.5 Å². The van der Waals surface area contributed by atoms with Crippen molar-refractivity contribution in [2.45, 2.75) is 38.5 Å². The lowest BCUT2D eigenvalue weighted by molar-refractivity contribution is 0.689. The van der Waals surface area contributed by atoms with Crippen molar-refractivity contribution in [2.24, 2.45) is 0 Å². The van der Waals surface area contributed by atoms with Crippen LogP contribution in [0.15, 0.2) is 28.7 Å². The minimum atomic E-state index is 0.580. The molecule has 1 fully saturated rings. The molecule has 20 heavy (non-hydrogen) atoms. The number of H-pyrrole nitrogens is 1. The molecule has 0 aliphatic heterocycles. The van der Waals surface area contributed by atoms with Crippen molar-refractivity contribution in [1.29, 1.82) is 0 Å². The summed E-state index contributed by atoms with van der Waals surface area (Å²) in [5.74, 6) is 1.47. The van der Waals surface area contributed by atoms with E-state index in [9.17, 15) is 0 Å². The summed E-state index contributed by atoms with van der Waals surface area (Å²) in [5.41, 5.74) is 3.57. The lowest BCUT2D eigenvalue weighted by atomic mass is 10.0. The van der Waals surface area contributed by atoms with Crippen LogP contribution in [0.4, 0.5) is 0 Å². The molecule has 0 unspecified atom stereocenters. The van der Waals surface area contributed by atoms with E-state index in [0.717, 1.165) is 15.9 Å². The van der Waals surface area contributed by atoms with Crippen LogP contribution in [0.5, 0.6) is 0 Å². The monoisotopic (exact) mass is 348 g/mol. The van der Waals surface area contributed by atoms with Crippen molar-refractivity contribution in [3.8, 4) is 11.4 Å². The maximum Gasteiger partial charge on any atom is 0.144 e. The first-order valence-electron chi connectivity index (χ1n) is 7.02. The summed E-state index contributed by atoms with van der Waals surface area (Å²) >= 11 is 9.05. The van der Waals surface area contributed by atoms with E-state index in [1.807, 2.05) is 12.1 Å². The van der Waals surface area contributed by atoms with Gasteiger partial charge in [-0.15, -0.1) is 0 Å². The third kappa shape index (κ3) is 2.59. The number of halogens is 1. The number of aryl methyl sites for hydroxylation is 1. The van der Waals surface area contributed by atoms with Crippen LogP contribution in [-0.4, -0.2) is 9.97 Å². The number of nitrogens with zero attached hydrogens (tertiary/aromatic N) is 1. The zero-order valence-corrected chi connectivity index (χ0v) is 13.9. The van der Waals surface area contributed by atoms with E-state index >= 15 is 0 Å². The smallest absolute Gasteiger partial charge is 0.144 e. The van der Waals surface area contributed by atoms with E-state index in [0.29, 0.717) is 10.6 Å². The van der Waals surface area contributed by atoms with Crippen LogP contribution in [0.25, 0.3) is 11.4 Å². The van der Waals surface area contributed by atoms with Crippen molar-refractivity contribution in [1.82, 2.24) is 9.97 Å². The van der Waals surface area contributed by atoms with Gasteiger partial charge in [0, 0.05) is 17.2 Å². The molecule has 104 valence electrons. The van der Waals surface area contributed by atoms with Crippen LogP contribution in [0.1, 0.15) is 42.9 Å². The maximum absolute atomic E-state index is 5.43. The number of rotatable bonds is 2. The Kier molecular flexibility index (Phi) is 4.03. The highest BCUT2D eigenvalue weighted by Gasteiger charge is 2.22. The molecule has 1 aliphatic rings. The summed E-state index contributed by atoms with van der Waals surface area (Å²) in [6.45, 7) is 2.10. The Morgan fingerprint density at radius 1 is 1.25 bits per heavy atom. The standard InChI is InChI=1S/C16H17BrN2S/c1-10-6-2-5-9-12(10)15-18-14(11-7-3-4-8-11)13(17)16(20)19-15/h2,5-6,9,11H,3-4,7-8H2,1H3,(H,18,19,20). The zero-order chi connectivity index (χ0) is 14.1. The van der Waals surface area contributed by atoms with E-state index in [1.165, 1.54) is 36.9 Å². The van der Waals surface area contributed by atoms with Crippen LogP contribution in [-0.2, 0) is 0 Å². The average Bonchev–Trinajstić information content (AvgIpc) is 2.96. The molecule has 0 saturated heterocycles. The summed E-state index contributed by atoms with van der Waals surface area (Å²) < 4.78 is 1.63. The third-order valence-electron chi connectivity index (χ3n) is 4.05. The molecule has 1 N–H and O–H groups in total. The second kappa shape index (κ2) is 5.78. The molecule has 1 aromatic heterocycles. The van der Waals surface area contributed by atoms with Crippen LogP contribution in [0.2, 0.25) is 0 Å². The van der Waals surface area contributed by atoms with Crippen LogP contribution in [0.3, 0.4) is 0 Å². The quantitative estimate of drug-likeness (QED) is 0.722. The van der Waals surface area contributed by atoms with Gasteiger partial charge in [-0.2, -0.15) is 0 Å².